The number of carbonyl (C=O) groups is 1. The number of nitrogens with one attached hydrogen (secondary N) is 1. The lowest BCUT2D eigenvalue weighted by Crippen LogP contribution is -2.08. The summed E-state index contributed by atoms with van der Waals surface area (Å²) in [5, 5.41) is 20.3. The zero-order chi connectivity index (χ0) is 14.0. The van der Waals surface area contributed by atoms with Crippen molar-refractivity contribution in [3.8, 4) is 16.9 Å². The minimum absolute atomic E-state index is 0.0358. The highest BCUT2D eigenvalue weighted by Gasteiger charge is 2.10. The predicted octanol–water partition coefficient (Wildman–Crippen LogP) is 3.94. The minimum atomic E-state index is -1.24. The van der Waals surface area contributed by atoms with Gasteiger partial charge in [0, 0.05) is 5.56 Å². The third-order valence-corrected chi connectivity index (χ3v) is 2.77. The van der Waals surface area contributed by atoms with Crippen LogP contribution < -0.4 is 5.32 Å². The molecule has 0 aromatic heterocycles. The molecule has 4 nitrogen and oxygen atoms in total. The Morgan fingerprint density at radius 1 is 1.21 bits per heavy atom. The fraction of sp³-hybridized carbons (Fsp3) is 0. The first kappa shape index (κ1) is 13.2. The van der Waals surface area contributed by atoms with Gasteiger partial charge in [0.1, 0.15) is 11.6 Å². The first-order chi connectivity index (χ1) is 8.97. The van der Waals surface area contributed by atoms with Crippen LogP contribution in [0.5, 0.6) is 5.75 Å². The Bertz CT molecular complexity index is 646. The molecule has 0 unspecified atom stereocenters. The molecule has 3 N–H and O–H groups in total. The van der Waals surface area contributed by atoms with Gasteiger partial charge in [0.25, 0.3) is 0 Å². The third-order valence-electron chi connectivity index (χ3n) is 2.48. The van der Waals surface area contributed by atoms with Crippen LogP contribution in [0.3, 0.4) is 0 Å². The number of amides is 1. The van der Waals surface area contributed by atoms with Crippen molar-refractivity contribution in [3.05, 3.63) is 47.2 Å². The number of hydrogen-bond acceptors (Lipinski definition) is 2. The Morgan fingerprint density at radius 2 is 1.95 bits per heavy atom. The molecule has 0 aliphatic heterocycles. The van der Waals surface area contributed by atoms with Crippen LogP contribution in [0.4, 0.5) is 14.9 Å². The molecule has 98 valence electrons. The maximum Gasteiger partial charge on any atom is 0.409 e. The highest BCUT2D eigenvalue weighted by atomic mass is 35.5. The first-order valence-corrected chi connectivity index (χ1v) is 5.63. The molecule has 0 aliphatic carbocycles. The average molecular weight is 282 g/mol. The number of hydrogen-bond donors (Lipinski definition) is 3. The van der Waals surface area contributed by atoms with Gasteiger partial charge in [-0.25, -0.2) is 9.18 Å². The maximum absolute atomic E-state index is 13.1. The lowest BCUT2D eigenvalue weighted by Gasteiger charge is -2.10. The lowest BCUT2D eigenvalue weighted by molar-refractivity contribution is 0.210. The van der Waals surface area contributed by atoms with Crippen LogP contribution in [0.15, 0.2) is 36.4 Å². The van der Waals surface area contributed by atoms with Crippen molar-refractivity contribution < 1.29 is 19.4 Å². The monoisotopic (exact) mass is 281 g/mol. The third kappa shape index (κ3) is 2.95. The molecular formula is C13H9ClFNO3. The van der Waals surface area contributed by atoms with Gasteiger partial charge in [0.2, 0.25) is 0 Å². The molecule has 2 rings (SSSR count). The van der Waals surface area contributed by atoms with Crippen molar-refractivity contribution >= 4 is 23.4 Å². The molecule has 0 aliphatic rings. The number of halogens is 2. The van der Waals surface area contributed by atoms with E-state index in [9.17, 15) is 14.3 Å². The summed E-state index contributed by atoms with van der Waals surface area (Å²) >= 11 is 5.69. The number of phenolic OH excluding ortho intramolecular Hbond substituents is 1. The van der Waals surface area contributed by atoms with Gasteiger partial charge in [-0.15, -0.1) is 0 Å². The van der Waals surface area contributed by atoms with E-state index >= 15 is 0 Å². The van der Waals surface area contributed by atoms with Crippen molar-refractivity contribution in [2.24, 2.45) is 0 Å². The number of aromatic hydroxyl groups is 1. The molecule has 19 heavy (non-hydrogen) atoms. The summed E-state index contributed by atoms with van der Waals surface area (Å²) < 4.78 is 13.1. The van der Waals surface area contributed by atoms with Gasteiger partial charge in [0.05, 0.1) is 10.7 Å². The lowest BCUT2D eigenvalue weighted by atomic mass is 10.0. The van der Waals surface area contributed by atoms with E-state index in [1.807, 2.05) is 0 Å². The molecule has 1 amide bonds. The average Bonchev–Trinajstić information content (AvgIpc) is 2.34. The van der Waals surface area contributed by atoms with E-state index in [0.29, 0.717) is 11.1 Å². The minimum Gasteiger partial charge on any atom is -0.508 e. The second-order valence-electron chi connectivity index (χ2n) is 3.79. The van der Waals surface area contributed by atoms with Gasteiger partial charge < -0.3 is 10.2 Å². The Balaban J connectivity index is 2.55. The van der Waals surface area contributed by atoms with Gasteiger partial charge in [-0.2, -0.15) is 0 Å². The van der Waals surface area contributed by atoms with E-state index < -0.39 is 11.9 Å². The molecule has 0 bridgehead atoms. The second-order valence-corrected chi connectivity index (χ2v) is 4.20. The van der Waals surface area contributed by atoms with Crippen LogP contribution in [0.2, 0.25) is 5.02 Å². The molecule has 0 fully saturated rings. The Morgan fingerprint density at radius 3 is 2.58 bits per heavy atom. The highest BCUT2D eigenvalue weighted by Crippen LogP contribution is 2.33. The van der Waals surface area contributed by atoms with Crippen LogP contribution in [-0.2, 0) is 0 Å². The Kier molecular flexibility index (Phi) is 3.57. The Labute approximate surface area is 113 Å². The number of anilines is 1. The maximum atomic E-state index is 13.1. The molecule has 0 saturated carbocycles. The highest BCUT2D eigenvalue weighted by molar-refractivity contribution is 6.31. The Hall–Kier alpha value is -2.27. The smallest absolute Gasteiger partial charge is 0.409 e. The molecule has 6 heteroatoms. The SMILES string of the molecule is O=C(O)Nc1ccc(O)cc1-c1ccc(F)c(Cl)c1. The summed E-state index contributed by atoms with van der Waals surface area (Å²) in [6, 6.07) is 8.11. The van der Waals surface area contributed by atoms with Gasteiger partial charge in [-0.3, -0.25) is 5.32 Å². The van der Waals surface area contributed by atoms with E-state index in [4.69, 9.17) is 16.7 Å². The predicted molar refractivity (Wildman–Crippen MR) is 70.2 cm³/mol. The summed E-state index contributed by atoms with van der Waals surface area (Å²) in [7, 11) is 0. The molecule has 0 atom stereocenters. The van der Waals surface area contributed by atoms with Crippen LogP contribution in [0, 0.1) is 5.82 Å². The molecule has 0 heterocycles. The van der Waals surface area contributed by atoms with Crippen molar-refractivity contribution in [1.29, 1.82) is 0 Å². The summed E-state index contributed by atoms with van der Waals surface area (Å²) in [6.07, 6.45) is -1.24. The summed E-state index contributed by atoms with van der Waals surface area (Å²) in [4.78, 5) is 10.7. The van der Waals surface area contributed by atoms with Crippen molar-refractivity contribution in [2.45, 2.75) is 0 Å². The van der Waals surface area contributed by atoms with E-state index in [0.717, 1.165) is 0 Å². The number of phenols is 1. The summed E-state index contributed by atoms with van der Waals surface area (Å²) in [5.74, 6) is -0.607. The fourth-order valence-corrected chi connectivity index (χ4v) is 1.84. The number of rotatable bonds is 2. The van der Waals surface area contributed by atoms with E-state index in [2.05, 4.69) is 5.32 Å². The van der Waals surface area contributed by atoms with E-state index in [1.54, 1.807) is 0 Å². The normalized spacial score (nSPS) is 10.2. The second kappa shape index (κ2) is 5.16. The number of carboxylic acid groups (broad SMARTS) is 1. The molecule has 2 aromatic carbocycles. The van der Waals surface area contributed by atoms with Gasteiger partial charge in [-0.05, 0) is 35.9 Å². The van der Waals surface area contributed by atoms with E-state index in [-0.39, 0.29) is 16.5 Å². The van der Waals surface area contributed by atoms with Gasteiger partial charge in [-0.1, -0.05) is 17.7 Å². The topological polar surface area (TPSA) is 69.6 Å². The summed E-state index contributed by atoms with van der Waals surface area (Å²) in [5.41, 5.74) is 1.17. The van der Waals surface area contributed by atoms with Crippen molar-refractivity contribution in [2.75, 3.05) is 5.32 Å². The van der Waals surface area contributed by atoms with Crippen molar-refractivity contribution in [1.82, 2.24) is 0 Å². The zero-order valence-electron chi connectivity index (χ0n) is 9.52. The molecule has 0 radical (unpaired) electrons. The summed E-state index contributed by atoms with van der Waals surface area (Å²) in [6.45, 7) is 0. The zero-order valence-corrected chi connectivity index (χ0v) is 10.3. The largest absolute Gasteiger partial charge is 0.508 e. The first-order valence-electron chi connectivity index (χ1n) is 5.26. The van der Waals surface area contributed by atoms with Crippen LogP contribution in [0.25, 0.3) is 11.1 Å². The number of benzene rings is 2. The van der Waals surface area contributed by atoms with Crippen LogP contribution in [0.1, 0.15) is 0 Å². The van der Waals surface area contributed by atoms with Crippen molar-refractivity contribution in [3.63, 3.8) is 0 Å². The van der Waals surface area contributed by atoms with Gasteiger partial charge >= 0.3 is 6.09 Å². The molecule has 0 saturated heterocycles. The molecule has 2 aromatic rings. The van der Waals surface area contributed by atoms with Crippen LogP contribution in [-0.4, -0.2) is 16.3 Å². The van der Waals surface area contributed by atoms with Gasteiger partial charge in [0.15, 0.2) is 0 Å². The fourth-order valence-electron chi connectivity index (χ4n) is 1.66. The molecule has 0 spiro atoms. The quantitative estimate of drug-likeness (QED) is 0.730. The molecular weight excluding hydrogens is 273 g/mol. The van der Waals surface area contributed by atoms with Crippen LogP contribution >= 0.6 is 11.6 Å². The standard InChI is InChI=1S/C13H9ClFNO3/c14-10-5-7(1-3-11(10)15)9-6-8(17)2-4-12(9)16-13(18)19/h1-6,16-17H,(H,18,19). The van der Waals surface area contributed by atoms with E-state index in [1.165, 1.54) is 36.4 Å².